The van der Waals surface area contributed by atoms with Crippen LogP contribution in [0.4, 0.5) is 0 Å². The van der Waals surface area contributed by atoms with E-state index in [0.29, 0.717) is 36.9 Å². The smallest absolute Gasteiger partial charge is 0.276 e. The van der Waals surface area contributed by atoms with Crippen molar-refractivity contribution >= 4 is 5.96 Å². The number of rotatable bonds is 10. The predicted molar refractivity (Wildman–Crippen MR) is 119 cm³/mol. The Morgan fingerprint density at radius 3 is 2.84 bits per heavy atom. The summed E-state index contributed by atoms with van der Waals surface area (Å²) in [4.78, 5) is 13.4. The number of nitrogens with one attached hydrogen (secondary N) is 2. The molecule has 0 unspecified atom stereocenters. The molecule has 1 aromatic carbocycles. The Morgan fingerprint density at radius 1 is 1.16 bits per heavy atom. The van der Waals surface area contributed by atoms with Gasteiger partial charge < -0.3 is 19.9 Å². The topological polar surface area (TPSA) is 97.5 Å². The summed E-state index contributed by atoms with van der Waals surface area (Å²) in [5.74, 6) is 3.44. The fourth-order valence-corrected chi connectivity index (χ4v) is 3.01. The highest BCUT2D eigenvalue weighted by Gasteiger charge is 2.22. The molecule has 1 aliphatic carbocycles. The molecule has 2 aromatic heterocycles. The average Bonchev–Trinajstić information content (AvgIpc) is 3.52. The molecule has 1 saturated carbocycles. The lowest BCUT2D eigenvalue weighted by atomic mass is 10.2. The third kappa shape index (κ3) is 6.28. The molecule has 162 valence electrons. The Kier molecular flexibility index (Phi) is 7.10. The molecule has 3 aromatic rings. The largest absolute Gasteiger partial charge is 0.493 e. The molecule has 2 N–H and O–H groups in total. The summed E-state index contributed by atoms with van der Waals surface area (Å²) in [6.45, 7) is 4.79. The number of aliphatic imine (C=N–C) groups is 1. The lowest BCUT2D eigenvalue weighted by molar-refractivity contribution is 0.297. The van der Waals surface area contributed by atoms with Crippen LogP contribution in [-0.2, 0) is 13.0 Å². The highest BCUT2D eigenvalue weighted by atomic mass is 16.5. The summed E-state index contributed by atoms with van der Waals surface area (Å²) in [5, 5.41) is 10.6. The van der Waals surface area contributed by atoms with E-state index in [0.717, 1.165) is 36.3 Å². The van der Waals surface area contributed by atoms with E-state index in [2.05, 4.69) is 31.8 Å². The number of guanidine groups is 1. The van der Waals surface area contributed by atoms with Gasteiger partial charge >= 0.3 is 0 Å². The number of hydrogen-bond acceptors (Lipinski definition) is 6. The van der Waals surface area contributed by atoms with Crippen LogP contribution >= 0.6 is 0 Å². The Bertz CT molecular complexity index is 984. The van der Waals surface area contributed by atoms with Gasteiger partial charge in [0.25, 0.3) is 5.89 Å². The van der Waals surface area contributed by atoms with Crippen molar-refractivity contribution in [2.45, 2.75) is 32.7 Å². The second-order valence-corrected chi connectivity index (χ2v) is 7.46. The quantitative estimate of drug-likeness (QED) is 0.384. The van der Waals surface area contributed by atoms with Crippen molar-refractivity contribution in [1.29, 1.82) is 0 Å². The van der Waals surface area contributed by atoms with E-state index < -0.39 is 0 Å². The predicted octanol–water partition coefficient (Wildman–Crippen LogP) is 3.22. The minimum atomic E-state index is 0.430. The zero-order valence-electron chi connectivity index (χ0n) is 17.8. The molecule has 0 atom stereocenters. The third-order valence-corrected chi connectivity index (χ3v) is 4.89. The molecule has 2 heterocycles. The van der Waals surface area contributed by atoms with Gasteiger partial charge in [0.15, 0.2) is 11.8 Å². The van der Waals surface area contributed by atoms with Crippen molar-refractivity contribution in [3.63, 3.8) is 0 Å². The first-order valence-electron chi connectivity index (χ1n) is 10.8. The molecule has 1 fully saturated rings. The Balaban J connectivity index is 1.31. The van der Waals surface area contributed by atoms with Crippen LogP contribution in [0.2, 0.25) is 0 Å². The molecule has 1 aliphatic rings. The van der Waals surface area contributed by atoms with E-state index in [1.54, 1.807) is 6.20 Å². The summed E-state index contributed by atoms with van der Waals surface area (Å²) < 4.78 is 11.3. The van der Waals surface area contributed by atoms with Crippen molar-refractivity contribution in [3.05, 3.63) is 60.0 Å². The first-order valence-corrected chi connectivity index (χ1v) is 10.8. The number of pyridine rings is 1. The summed E-state index contributed by atoms with van der Waals surface area (Å²) in [5.41, 5.74) is 1.75. The van der Waals surface area contributed by atoms with Gasteiger partial charge in [0.1, 0.15) is 11.4 Å². The minimum absolute atomic E-state index is 0.430. The number of benzene rings is 1. The lowest BCUT2D eigenvalue weighted by Gasteiger charge is -2.12. The van der Waals surface area contributed by atoms with E-state index in [9.17, 15) is 0 Å². The Morgan fingerprint density at radius 2 is 2.03 bits per heavy atom. The van der Waals surface area contributed by atoms with Crippen LogP contribution in [0.25, 0.3) is 11.6 Å². The van der Waals surface area contributed by atoms with E-state index in [1.807, 2.05) is 43.3 Å². The second kappa shape index (κ2) is 10.6. The van der Waals surface area contributed by atoms with E-state index >= 15 is 0 Å². The zero-order chi connectivity index (χ0) is 21.3. The Labute approximate surface area is 182 Å². The van der Waals surface area contributed by atoms with Crippen LogP contribution in [0, 0.1) is 5.92 Å². The van der Waals surface area contributed by atoms with Gasteiger partial charge in [-0.3, -0.25) is 4.98 Å². The van der Waals surface area contributed by atoms with Crippen molar-refractivity contribution < 1.29 is 9.26 Å². The number of hydrogen-bond donors (Lipinski definition) is 2. The van der Waals surface area contributed by atoms with Gasteiger partial charge in [0, 0.05) is 31.3 Å². The van der Waals surface area contributed by atoms with Gasteiger partial charge in [0.05, 0.1) is 13.2 Å². The van der Waals surface area contributed by atoms with Gasteiger partial charge in [-0.15, -0.1) is 0 Å². The Hall–Kier alpha value is -3.42. The molecular weight excluding hydrogens is 392 g/mol. The highest BCUT2D eigenvalue weighted by molar-refractivity contribution is 5.79. The van der Waals surface area contributed by atoms with Crippen LogP contribution in [-0.4, -0.2) is 40.8 Å². The molecule has 8 heteroatoms. The minimum Gasteiger partial charge on any atom is -0.493 e. The second-order valence-electron chi connectivity index (χ2n) is 7.46. The van der Waals surface area contributed by atoms with Gasteiger partial charge in [-0.25, -0.2) is 4.99 Å². The van der Waals surface area contributed by atoms with Crippen molar-refractivity contribution in [1.82, 2.24) is 25.8 Å². The van der Waals surface area contributed by atoms with E-state index in [1.165, 1.54) is 12.8 Å². The summed E-state index contributed by atoms with van der Waals surface area (Å²) in [7, 11) is 0. The van der Waals surface area contributed by atoms with Gasteiger partial charge in [-0.2, -0.15) is 4.98 Å². The van der Waals surface area contributed by atoms with Crippen molar-refractivity contribution in [3.8, 4) is 17.3 Å². The molecule has 8 nitrogen and oxygen atoms in total. The highest BCUT2D eigenvalue weighted by Crippen LogP contribution is 2.30. The lowest BCUT2D eigenvalue weighted by Crippen LogP contribution is -2.38. The molecule has 0 radical (unpaired) electrons. The zero-order valence-corrected chi connectivity index (χ0v) is 17.8. The molecule has 0 amide bonds. The maximum Gasteiger partial charge on any atom is 0.276 e. The third-order valence-electron chi connectivity index (χ3n) is 4.89. The fraction of sp³-hybridized carbons (Fsp3) is 0.391. The number of para-hydroxylation sites is 1. The van der Waals surface area contributed by atoms with Gasteiger partial charge in [0.2, 0.25) is 0 Å². The standard InChI is InChI=1S/C23H28N6O2/c1-2-24-23(27-15-18-7-3-4-9-20(18)30-16-17-10-11-17)26-14-12-21-28-22(31-29-21)19-8-5-6-13-25-19/h3-9,13,17H,2,10-12,14-16H2,1H3,(H2,24,26,27). The molecule has 0 aliphatic heterocycles. The van der Waals surface area contributed by atoms with Crippen LogP contribution < -0.4 is 15.4 Å². The molecule has 0 spiro atoms. The average molecular weight is 421 g/mol. The number of ether oxygens (including phenoxy) is 1. The van der Waals surface area contributed by atoms with Crippen LogP contribution in [0.15, 0.2) is 58.2 Å². The summed E-state index contributed by atoms with van der Waals surface area (Å²) in [6.07, 6.45) is 4.87. The van der Waals surface area contributed by atoms with Gasteiger partial charge in [-0.1, -0.05) is 29.4 Å². The maximum absolute atomic E-state index is 5.99. The van der Waals surface area contributed by atoms with E-state index in [-0.39, 0.29) is 0 Å². The molecule has 4 rings (SSSR count). The monoisotopic (exact) mass is 420 g/mol. The maximum atomic E-state index is 5.99. The number of aromatic nitrogens is 3. The molecular formula is C23H28N6O2. The van der Waals surface area contributed by atoms with Crippen molar-refractivity contribution in [2.24, 2.45) is 10.9 Å². The molecule has 31 heavy (non-hydrogen) atoms. The molecule has 0 bridgehead atoms. The fourth-order valence-electron chi connectivity index (χ4n) is 3.01. The van der Waals surface area contributed by atoms with Crippen LogP contribution in [0.1, 0.15) is 31.2 Å². The van der Waals surface area contributed by atoms with Crippen LogP contribution in [0.5, 0.6) is 5.75 Å². The van der Waals surface area contributed by atoms with Crippen LogP contribution in [0.3, 0.4) is 0 Å². The SMILES string of the molecule is CCNC(=NCc1ccccc1OCC1CC1)NCCc1noc(-c2ccccn2)n1. The van der Waals surface area contributed by atoms with Crippen molar-refractivity contribution in [2.75, 3.05) is 19.7 Å². The van der Waals surface area contributed by atoms with Gasteiger partial charge in [-0.05, 0) is 43.9 Å². The first kappa shape index (κ1) is 20.8. The summed E-state index contributed by atoms with van der Waals surface area (Å²) in [6, 6.07) is 13.7. The number of nitrogens with zero attached hydrogens (tertiary/aromatic N) is 4. The normalized spacial score (nSPS) is 13.8. The summed E-state index contributed by atoms with van der Waals surface area (Å²) >= 11 is 0. The molecule has 0 saturated heterocycles. The first-order chi connectivity index (χ1) is 15.3. The van der Waals surface area contributed by atoms with E-state index in [4.69, 9.17) is 14.3 Å².